The summed E-state index contributed by atoms with van der Waals surface area (Å²) in [5, 5.41) is 12.3. The monoisotopic (exact) mass is 455 g/mol. The first-order chi connectivity index (χ1) is 15.9. The highest BCUT2D eigenvalue weighted by atomic mass is 35.5. The summed E-state index contributed by atoms with van der Waals surface area (Å²) in [6, 6.07) is 20.9. The van der Waals surface area contributed by atoms with Crippen molar-refractivity contribution in [2.24, 2.45) is 0 Å². The summed E-state index contributed by atoms with van der Waals surface area (Å²) in [4.78, 5) is 41.8. The van der Waals surface area contributed by atoms with Crippen molar-refractivity contribution >= 4 is 45.3 Å². The largest absolute Gasteiger partial charge is 0.296 e. The van der Waals surface area contributed by atoms with E-state index in [-0.39, 0.29) is 22.7 Å². The Labute approximate surface area is 192 Å². The maximum absolute atomic E-state index is 13.4. The minimum Gasteiger partial charge on any atom is -0.296 e. The van der Waals surface area contributed by atoms with Crippen LogP contribution in [-0.4, -0.2) is 25.9 Å². The predicted molar refractivity (Wildman–Crippen MR) is 124 cm³/mol. The quantitative estimate of drug-likeness (QED) is 0.198. The first kappa shape index (κ1) is 20.5. The maximum atomic E-state index is 13.4. The lowest BCUT2D eigenvalue weighted by Gasteiger charge is -2.06. The summed E-state index contributed by atoms with van der Waals surface area (Å²) in [5.74, 6) is -0.718. The van der Waals surface area contributed by atoms with Crippen molar-refractivity contribution in [3.63, 3.8) is 0 Å². The molecule has 0 atom stereocenters. The van der Waals surface area contributed by atoms with Crippen LogP contribution in [0.3, 0.4) is 0 Å². The molecule has 0 aliphatic carbocycles. The summed E-state index contributed by atoms with van der Waals surface area (Å²) in [5.41, 5.74) is 2.00. The van der Waals surface area contributed by atoms with Gasteiger partial charge in [-0.1, -0.05) is 54.1 Å². The van der Waals surface area contributed by atoms with Crippen LogP contribution in [0, 0.1) is 10.1 Å². The summed E-state index contributed by atoms with van der Waals surface area (Å²) in [6.45, 7) is 0. The number of aromatic nitrogens is 2. The van der Waals surface area contributed by atoms with Crippen molar-refractivity contribution in [3.05, 3.63) is 123 Å². The number of ketones is 2. The standard InChI is InChI=1S/C25H14ClN3O4/c26-17-9-10-19-21(12-17)27-14-28-22(25(31)16-7-4-8-18(11-16)29(32)33)13-20(23(19)28)24(30)15-5-2-1-3-6-15/h1-14H. The second-order valence-electron chi connectivity index (χ2n) is 7.40. The van der Waals surface area contributed by atoms with Crippen LogP contribution in [0.15, 0.2) is 85.2 Å². The maximum Gasteiger partial charge on any atom is 0.270 e. The molecular weight excluding hydrogens is 442 g/mol. The van der Waals surface area contributed by atoms with E-state index in [0.717, 1.165) is 0 Å². The van der Waals surface area contributed by atoms with E-state index in [1.165, 1.54) is 36.7 Å². The number of nitro benzene ring substituents is 1. The van der Waals surface area contributed by atoms with Gasteiger partial charge in [-0.05, 0) is 24.3 Å². The second-order valence-corrected chi connectivity index (χ2v) is 7.84. The molecule has 2 aromatic heterocycles. The van der Waals surface area contributed by atoms with Crippen LogP contribution < -0.4 is 0 Å². The van der Waals surface area contributed by atoms with Gasteiger partial charge in [0.1, 0.15) is 6.33 Å². The molecule has 2 heterocycles. The van der Waals surface area contributed by atoms with Crippen molar-refractivity contribution in [1.82, 2.24) is 9.38 Å². The van der Waals surface area contributed by atoms with Crippen LogP contribution in [0.5, 0.6) is 0 Å². The Morgan fingerprint density at radius 2 is 1.64 bits per heavy atom. The molecular formula is C25H14ClN3O4. The van der Waals surface area contributed by atoms with E-state index in [9.17, 15) is 19.7 Å². The lowest BCUT2D eigenvalue weighted by atomic mass is 10.0. The van der Waals surface area contributed by atoms with E-state index in [2.05, 4.69) is 4.98 Å². The van der Waals surface area contributed by atoms with Gasteiger partial charge in [-0.25, -0.2) is 4.98 Å². The molecule has 0 bridgehead atoms. The first-order valence-electron chi connectivity index (χ1n) is 9.92. The molecule has 160 valence electrons. The number of non-ortho nitro benzene ring substituents is 1. The van der Waals surface area contributed by atoms with Crippen molar-refractivity contribution in [2.45, 2.75) is 0 Å². The Balaban J connectivity index is 1.78. The summed E-state index contributed by atoms with van der Waals surface area (Å²) in [6.07, 6.45) is 1.46. The highest BCUT2D eigenvalue weighted by Crippen LogP contribution is 2.30. The number of carbonyl (C=O) groups excluding carboxylic acids is 2. The smallest absolute Gasteiger partial charge is 0.270 e. The minimum absolute atomic E-state index is 0.138. The third kappa shape index (κ3) is 3.54. The number of nitrogens with zero attached hydrogens (tertiary/aromatic N) is 3. The van der Waals surface area contributed by atoms with Crippen LogP contribution in [0.4, 0.5) is 5.69 Å². The van der Waals surface area contributed by atoms with Gasteiger partial charge in [-0.15, -0.1) is 0 Å². The molecule has 8 heteroatoms. The highest BCUT2D eigenvalue weighted by Gasteiger charge is 2.24. The third-order valence-electron chi connectivity index (χ3n) is 5.40. The molecule has 0 aliphatic rings. The fraction of sp³-hybridized carbons (Fsp3) is 0. The van der Waals surface area contributed by atoms with Crippen LogP contribution in [0.1, 0.15) is 32.0 Å². The van der Waals surface area contributed by atoms with Crippen molar-refractivity contribution in [2.75, 3.05) is 0 Å². The Hall–Kier alpha value is -4.36. The fourth-order valence-corrected chi connectivity index (χ4v) is 4.02. The molecule has 5 rings (SSSR count). The van der Waals surface area contributed by atoms with Gasteiger partial charge in [0.2, 0.25) is 5.78 Å². The summed E-state index contributed by atoms with van der Waals surface area (Å²) < 4.78 is 1.55. The third-order valence-corrected chi connectivity index (χ3v) is 5.63. The van der Waals surface area contributed by atoms with Crippen LogP contribution >= 0.6 is 11.6 Å². The number of hydrogen-bond donors (Lipinski definition) is 0. The van der Waals surface area contributed by atoms with E-state index in [4.69, 9.17) is 11.6 Å². The van der Waals surface area contributed by atoms with E-state index in [0.29, 0.717) is 32.6 Å². The molecule has 0 N–H and O–H groups in total. The second kappa shape index (κ2) is 7.96. The lowest BCUT2D eigenvalue weighted by Crippen LogP contribution is -2.06. The zero-order valence-corrected chi connectivity index (χ0v) is 17.7. The van der Waals surface area contributed by atoms with Gasteiger partial charge < -0.3 is 0 Å². The zero-order chi connectivity index (χ0) is 23.1. The van der Waals surface area contributed by atoms with Gasteiger partial charge in [0, 0.05) is 39.2 Å². The Bertz CT molecular complexity index is 1590. The van der Waals surface area contributed by atoms with Crippen LogP contribution in [0.2, 0.25) is 5.02 Å². The number of rotatable bonds is 5. The number of halogens is 1. The Kier molecular flexibility index (Phi) is 4.95. The number of nitro groups is 1. The Morgan fingerprint density at radius 1 is 0.879 bits per heavy atom. The summed E-state index contributed by atoms with van der Waals surface area (Å²) in [7, 11) is 0. The van der Waals surface area contributed by atoms with Crippen LogP contribution in [-0.2, 0) is 0 Å². The number of benzene rings is 3. The van der Waals surface area contributed by atoms with E-state index in [1.807, 2.05) is 6.07 Å². The number of fused-ring (bicyclic) bond motifs is 3. The topological polar surface area (TPSA) is 94.6 Å². The zero-order valence-electron chi connectivity index (χ0n) is 16.9. The van der Waals surface area contributed by atoms with Crippen molar-refractivity contribution in [1.29, 1.82) is 0 Å². The fourth-order valence-electron chi connectivity index (χ4n) is 3.85. The molecule has 0 radical (unpaired) electrons. The molecule has 0 saturated carbocycles. The average molecular weight is 456 g/mol. The molecule has 7 nitrogen and oxygen atoms in total. The lowest BCUT2D eigenvalue weighted by molar-refractivity contribution is -0.384. The molecule has 33 heavy (non-hydrogen) atoms. The molecule has 5 aromatic rings. The van der Waals surface area contributed by atoms with Gasteiger partial charge in [-0.3, -0.25) is 24.1 Å². The average Bonchev–Trinajstić information content (AvgIpc) is 3.23. The van der Waals surface area contributed by atoms with Gasteiger partial charge in [0.25, 0.3) is 5.69 Å². The van der Waals surface area contributed by atoms with Crippen molar-refractivity contribution < 1.29 is 14.5 Å². The Morgan fingerprint density at radius 3 is 2.39 bits per heavy atom. The normalized spacial score (nSPS) is 11.1. The molecule has 0 unspecified atom stereocenters. The van der Waals surface area contributed by atoms with Gasteiger partial charge in [0.15, 0.2) is 5.78 Å². The van der Waals surface area contributed by atoms with E-state index >= 15 is 0 Å². The predicted octanol–water partition coefficient (Wildman–Crippen LogP) is 5.51. The number of hydrogen-bond acceptors (Lipinski definition) is 5. The summed E-state index contributed by atoms with van der Waals surface area (Å²) >= 11 is 6.12. The SMILES string of the molecule is O=C(c1ccccc1)c1cc(C(=O)c2cccc([N+](=O)[O-])c2)n2cnc3cc(Cl)ccc3c12. The van der Waals surface area contributed by atoms with E-state index in [1.54, 1.807) is 46.9 Å². The molecule has 0 spiro atoms. The molecule has 0 aliphatic heterocycles. The molecule has 0 amide bonds. The molecule has 3 aromatic carbocycles. The molecule has 0 fully saturated rings. The van der Waals surface area contributed by atoms with Gasteiger partial charge in [-0.2, -0.15) is 0 Å². The van der Waals surface area contributed by atoms with Crippen molar-refractivity contribution in [3.8, 4) is 0 Å². The van der Waals surface area contributed by atoms with Gasteiger partial charge >= 0.3 is 0 Å². The highest BCUT2D eigenvalue weighted by molar-refractivity contribution is 6.31. The minimum atomic E-state index is -0.559. The van der Waals surface area contributed by atoms with E-state index < -0.39 is 10.7 Å². The van der Waals surface area contributed by atoms with Gasteiger partial charge in [0.05, 0.1) is 21.7 Å². The molecule has 0 saturated heterocycles. The first-order valence-corrected chi connectivity index (χ1v) is 10.3. The number of carbonyl (C=O) groups is 2. The van der Waals surface area contributed by atoms with Crippen LogP contribution in [0.25, 0.3) is 16.4 Å².